The van der Waals surface area contributed by atoms with Crippen LogP contribution in [0.1, 0.15) is 24.3 Å². The van der Waals surface area contributed by atoms with Crippen LogP contribution < -0.4 is 10.6 Å². The van der Waals surface area contributed by atoms with Crippen LogP contribution in [-0.4, -0.2) is 32.8 Å². The molecular weight excluding hydrogens is 224 g/mol. The van der Waals surface area contributed by atoms with Gasteiger partial charge >= 0.3 is 0 Å². The van der Waals surface area contributed by atoms with Gasteiger partial charge in [0.15, 0.2) is 0 Å². The van der Waals surface area contributed by atoms with Gasteiger partial charge in [0.05, 0.1) is 6.61 Å². The number of fused-ring (bicyclic) bond motifs is 1. The van der Waals surface area contributed by atoms with Gasteiger partial charge in [0.1, 0.15) is 0 Å². The summed E-state index contributed by atoms with van der Waals surface area (Å²) < 4.78 is 5.41. The molecule has 1 aromatic rings. The van der Waals surface area contributed by atoms with Crippen molar-refractivity contribution in [2.75, 3.05) is 38.2 Å². The Morgan fingerprint density at radius 2 is 2.17 bits per heavy atom. The molecule has 0 saturated carbocycles. The fraction of sp³-hybridized carbons (Fsp3) is 0.600. The fourth-order valence-corrected chi connectivity index (χ4v) is 2.97. The molecule has 2 atom stereocenters. The van der Waals surface area contributed by atoms with Crippen LogP contribution >= 0.6 is 0 Å². The molecule has 0 aliphatic carbocycles. The average Bonchev–Trinajstić information content (AvgIpc) is 2.92. The van der Waals surface area contributed by atoms with Crippen molar-refractivity contribution in [2.45, 2.75) is 18.8 Å². The summed E-state index contributed by atoms with van der Waals surface area (Å²) >= 11 is 0. The smallest absolute Gasteiger partial charge is 0.0507 e. The SMILES string of the molecule is c1ccc2c(c1)NCCC2CNCC1CCOC1. The molecular formula is C15H22N2O. The number of hydrogen-bond donors (Lipinski definition) is 2. The van der Waals surface area contributed by atoms with E-state index in [9.17, 15) is 0 Å². The van der Waals surface area contributed by atoms with Crippen molar-refractivity contribution in [2.24, 2.45) is 5.92 Å². The second-order valence-electron chi connectivity index (χ2n) is 5.39. The molecule has 1 saturated heterocycles. The van der Waals surface area contributed by atoms with E-state index in [1.165, 1.54) is 24.1 Å². The molecule has 0 bridgehead atoms. The van der Waals surface area contributed by atoms with E-state index in [2.05, 4.69) is 34.9 Å². The third-order valence-corrected chi connectivity index (χ3v) is 4.06. The zero-order valence-electron chi connectivity index (χ0n) is 10.8. The summed E-state index contributed by atoms with van der Waals surface area (Å²) in [4.78, 5) is 0. The van der Waals surface area contributed by atoms with Crippen LogP contribution in [0.25, 0.3) is 0 Å². The Balaban J connectivity index is 1.54. The lowest BCUT2D eigenvalue weighted by Crippen LogP contribution is -2.30. The third kappa shape index (κ3) is 2.68. The lowest BCUT2D eigenvalue weighted by Gasteiger charge is -2.27. The first kappa shape index (κ1) is 12.0. The maximum atomic E-state index is 5.41. The Morgan fingerprint density at radius 3 is 3.06 bits per heavy atom. The van der Waals surface area contributed by atoms with Crippen LogP contribution in [0.4, 0.5) is 5.69 Å². The number of rotatable bonds is 4. The Hall–Kier alpha value is -1.06. The van der Waals surface area contributed by atoms with Gasteiger partial charge in [-0.15, -0.1) is 0 Å². The second-order valence-corrected chi connectivity index (χ2v) is 5.39. The number of benzene rings is 1. The van der Waals surface area contributed by atoms with Gasteiger partial charge in [0, 0.05) is 37.8 Å². The summed E-state index contributed by atoms with van der Waals surface area (Å²) in [7, 11) is 0. The van der Waals surface area contributed by atoms with E-state index in [0.717, 1.165) is 38.8 Å². The van der Waals surface area contributed by atoms with Gasteiger partial charge in [-0.25, -0.2) is 0 Å². The Bertz CT molecular complexity index is 388. The molecule has 3 nitrogen and oxygen atoms in total. The molecule has 98 valence electrons. The van der Waals surface area contributed by atoms with Gasteiger partial charge in [-0.2, -0.15) is 0 Å². The first-order valence-electron chi connectivity index (χ1n) is 7.05. The van der Waals surface area contributed by atoms with E-state index in [-0.39, 0.29) is 0 Å². The highest BCUT2D eigenvalue weighted by Crippen LogP contribution is 2.30. The third-order valence-electron chi connectivity index (χ3n) is 4.06. The van der Waals surface area contributed by atoms with E-state index < -0.39 is 0 Å². The molecule has 0 aromatic heterocycles. The second kappa shape index (κ2) is 5.72. The molecule has 0 amide bonds. The van der Waals surface area contributed by atoms with E-state index in [4.69, 9.17) is 4.74 Å². The summed E-state index contributed by atoms with van der Waals surface area (Å²) in [5.41, 5.74) is 2.79. The topological polar surface area (TPSA) is 33.3 Å². The summed E-state index contributed by atoms with van der Waals surface area (Å²) in [6.45, 7) is 5.18. The minimum atomic E-state index is 0.657. The minimum Gasteiger partial charge on any atom is -0.385 e. The van der Waals surface area contributed by atoms with Crippen molar-refractivity contribution in [3.63, 3.8) is 0 Å². The molecule has 2 aliphatic heterocycles. The minimum absolute atomic E-state index is 0.657. The van der Waals surface area contributed by atoms with Crippen molar-refractivity contribution < 1.29 is 4.74 Å². The molecule has 2 unspecified atom stereocenters. The van der Waals surface area contributed by atoms with Gasteiger partial charge in [-0.3, -0.25) is 0 Å². The van der Waals surface area contributed by atoms with Crippen LogP contribution in [-0.2, 0) is 4.74 Å². The normalized spacial score (nSPS) is 26.7. The van der Waals surface area contributed by atoms with Gasteiger partial charge in [-0.1, -0.05) is 18.2 Å². The average molecular weight is 246 g/mol. The monoisotopic (exact) mass is 246 g/mol. The largest absolute Gasteiger partial charge is 0.385 e. The van der Waals surface area contributed by atoms with Crippen LogP contribution in [0.5, 0.6) is 0 Å². The van der Waals surface area contributed by atoms with E-state index in [1.807, 2.05) is 0 Å². The van der Waals surface area contributed by atoms with E-state index in [1.54, 1.807) is 0 Å². The van der Waals surface area contributed by atoms with Gasteiger partial charge < -0.3 is 15.4 Å². The molecule has 2 N–H and O–H groups in total. The molecule has 2 aliphatic rings. The lowest BCUT2D eigenvalue weighted by molar-refractivity contribution is 0.185. The van der Waals surface area contributed by atoms with Crippen molar-refractivity contribution in [1.29, 1.82) is 0 Å². The molecule has 1 fully saturated rings. The number of para-hydroxylation sites is 1. The Labute approximate surface area is 109 Å². The molecule has 0 spiro atoms. The van der Waals surface area contributed by atoms with E-state index in [0.29, 0.717) is 5.92 Å². The summed E-state index contributed by atoms with van der Waals surface area (Å²) in [5, 5.41) is 7.11. The van der Waals surface area contributed by atoms with Gasteiger partial charge in [-0.05, 0) is 30.4 Å². The van der Waals surface area contributed by atoms with Gasteiger partial charge in [0.2, 0.25) is 0 Å². The van der Waals surface area contributed by atoms with Crippen molar-refractivity contribution >= 4 is 5.69 Å². The molecule has 1 aromatic carbocycles. The summed E-state index contributed by atoms with van der Waals surface area (Å²) in [6, 6.07) is 8.69. The highest BCUT2D eigenvalue weighted by Gasteiger charge is 2.20. The van der Waals surface area contributed by atoms with Crippen molar-refractivity contribution in [3.05, 3.63) is 29.8 Å². The lowest BCUT2D eigenvalue weighted by atomic mass is 9.91. The molecule has 3 rings (SSSR count). The summed E-state index contributed by atoms with van der Waals surface area (Å²) in [6.07, 6.45) is 2.45. The molecule has 0 radical (unpaired) electrons. The number of ether oxygens (including phenoxy) is 1. The maximum Gasteiger partial charge on any atom is 0.0507 e. The van der Waals surface area contributed by atoms with Crippen LogP contribution in [0.15, 0.2) is 24.3 Å². The zero-order valence-corrected chi connectivity index (χ0v) is 10.8. The summed E-state index contributed by atoms with van der Waals surface area (Å²) in [5.74, 6) is 1.38. The van der Waals surface area contributed by atoms with Gasteiger partial charge in [0.25, 0.3) is 0 Å². The molecule has 3 heteroatoms. The standard InChI is InChI=1S/C15H22N2O/c1-2-4-15-14(3-1)13(5-7-17-15)10-16-9-12-6-8-18-11-12/h1-4,12-13,16-17H,5-11H2. The first-order chi connectivity index (χ1) is 8.93. The quantitative estimate of drug-likeness (QED) is 0.854. The van der Waals surface area contributed by atoms with Crippen LogP contribution in [0.2, 0.25) is 0 Å². The highest BCUT2D eigenvalue weighted by atomic mass is 16.5. The van der Waals surface area contributed by atoms with Crippen molar-refractivity contribution in [1.82, 2.24) is 5.32 Å². The first-order valence-corrected chi connectivity index (χ1v) is 7.05. The number of nitrogens with one attached hydrogen (secondary N) is 2. The number of hydrogen-bond acceptors (Lipinski definition) is 3. The highest BCUT2D eigenvalue weighted by molar-refractivity contribution is 5.54. The number of anilines is 1. The van der Waals surface area contributed by atoms with E-state index >= 15 is 0 Å². The Kier molecular flexibility index (Phi) is 3.81. The maximum absolute atomic E-state index is 5.41. The molecule has 18 heavy (non-hydrogen) atoms. The van der Waals surface area contributed by atoms with Crippen LogP contribution in [0.3, 0.4) is 0 Å². The zero-order chi connectivity index (χ0) is 12.2. The fourth-order valence-electron chi connectivity index (χ4n) is 2.97. The molecule has 2 heterocycles. The van der Waals surface area contributed by atoms with Crippen molar-refractivity contribution in [3.8, 4) is 0 Å². The predicted molar refractivity (Wildman–Crippen MR) is 74.1 cm³/mol. The Morgan fingerprint density at radius 1 is 1.22 bits per heavy atom. The predicted octanol–water partition coefficient (Wildman–Crippen LogP) is 2.21. The van der Waals surface area contributed by atoms with Crippen LogP contribution in [0, 0.1) is 5.92 Å².